The highest BCUT2D eigenvalue weighted by molar-refractivity contribution is 7.98. The van der Waals surface area contributed by atoms with Crippen LogP contribution in [0.25, 0.3) is 0 Å². The zero-order valence-corrected chi connectivity index (χ0v) is 13.6. The van der Waals surface area contributed by atoms with Crippen molar-refractivity contribution in [3.63, 3.8) is 0 Å². The van der Waals surface area contributed by atoms with Crippen LogP contribution in [0, 0.1) is 5.92 Å². The lowest BCUT2D eigenvalue weighted by atomic mass is 9.99. The second kappa shape index (κ2) is 8.08. The highest BCUT2D eigenvalue weighted by atomic mass is 32.2. The topological polar surface area (TPSA) is 69.6 Å². The summed E-state index contributed by atoms with van der Waals surface area (Å²) in [5, 5.41) is 11.9. The van der Waals surface area contributed by atoms with E-state index in [1.807, 2.05) is 36.0 Å². The molecule has 1 aliphatic heterocycles. The number of aliphatic carboxylic acids is 1. The molecule has 1 atom stereocenters. The maximum atomic E-state index is 12.2. The summed E-state index contributed by atoms with van der Waals surface area (Å²) >= 11 is 1.81. The number of carbonyl (C=O) groups is 2. The fourth-order valence-electron chi connectivity index (χ4n) is 2.54. The number of carbonyl (C=O) groups excluding carboxylic acids is 1. The number of rotatable bonds is 5. The molecule has 2 amide bonds. The third-order valence-electron chi connectivity index (χ3n) is 3.86. The first kappa shape index (κ1) is 16.7. The van der Waals surface area contributed by atoms with Crippen LogP contribution in [0.3, 0.4) is 0 Å². The second-order valence-electron chi connectivity index (χ2n) is 5.49. The molecule has 1 aromatic carbocycles. The minimum atomic E-state index is -0.823. The van der Waals surface area contributed by atoms with Crippen molar-refractivity contribution in [1.82, 2.24) is 4.90 Å². The van der Waals surface area contributed by atoms with Gasteiger partial charge in [0.15, 0.2) is 0 Å². The van der Waals surface area contributed by atoms with E-state index < -0.39 is 11.9 Å². The molecule has 6 heteroatoms. The first-order valence-electron chi connectivity index (χ1n) is 7.46. The van der Waals surface area contributed by atoms with E-state index in [-0.39, 0.29) is 12.6 Å². The predicted molar refractivity (Wildman–Crippen MR) is 89.5 cm³/mol. The van der Waals surface area contributed by atoms with E-state index in [0.29, 0.717) is 13.0 Å². The lowest BCUT2D eigenvalue weighted by molar-refractivity contribution is -0.143. The molecule has 1 unspecified atom stereocenters. The van der Waals surface area contributed by atoms with Gasteiger partial charge in [-0.3, -0.25) is 4.79 Å². The third-order valence-corrected chi connectivity index (χ3v) is 4.47. The molecule has 2 N–H and O–H groups in total. The van der Waals surface area contributed by atoms with Crippen molar-refractivity contribution in [2.24, 2.45) is 5.92 Å². The Morgan fingerprint density at radius 1 is 1.36 bits per heavy atom. The Morgan fingerprint density at radius 3 is 2.73 bits per heavy atom. The molecule has 1 saturated heterocycles. The van der Waals surface area contributed by atoms with Gasteiger partial charge in [0.1, 0.15) is 0 Å². The molecule has 0 bridgehead atoms. The number of nitrogens with zero attached hydrogens (tertiary/aromatic N) is 1. The fraction of sp³-hybridized carbons (Fsp3) is 0.500. The van der Waals surface area contributed by atoms with Gasteiger partial charge in [-0.05, 0) is 49.0 Å². The minimum absolute atomic E-state index is 0.220. The molecule has 5 nitrogen and oxygen atoms in total. The summed E-state index contributed by atoms with van der Waals surface area (Å²) in [4.78, 5) is 24.8. The van der Waals surface area contributed by atoms with Gasteiger partial charge in [0.25, 0.3) is 0 Å². The van der Waals surface area contributed by atoms with Gasteiger partial charge in [-0.25, -0.2) is 4.79 Å². The average Bonchev–Trinajstić information content (AvgIpc) is 2.54. The summed E-state index contributed by atoms with van der Waals surface area (Å²) in [5.74, 6) is -0.195. The molecule has 0 spiro atoms. The fourth-order valence-corrected chi connectivity index (χ4v) is 2.98. The van der Waals surface area contributed by atoms with Gasteiger partial charge in [-0.1, -0.05) is 12.1 Å². The van der Waals surface area contributed by atoms with Crippen molar-refractivity contribution in [2.45, 2.75) is 19.3 Å². The molecule has 0 aliphatic carbocycles. The molecule has 1 aromatic rings. The van der Waals surface area contributed by atoms with Crippen LogP contribution < -0.4 is 5.32 Å². The van der Waals surface area contributed by atoms with Gasteiger partial charge >= 0.3 is 12.0 Å². The van der Waals surface area contributed by atoms with Crippen LogP contribution in [0.4, 0.5) is 10.5 Å². The monoisotopic (exact) mass is 322 g/mol. The lowest BCUT2D eigenvalue weighted by Gasteiger charge is -2.30. The number of carboxylic acid groups (broad SMARTS) is 1. The van der Waals surface area contributed by atoms with Crippen LogP contribution in [0.15, 0.2) is 24.3 Å². The summed E-state index contributed by atoms with van der Waals surface area (Å²) in [6.45, 7) is 0.897. The van der Waals surface area contributed by atoms with Gasteiger partial charge in [0, 0.05) is 18.8 Å². The first-order chi connectivity index (χ1) is 10.6. The van der Waals surface area contributed by atoms with Crippen LogP contribution >= 0.6 is 11.8 Å². The van der Waals surface area contributed by atoms with E-state index in [9.17, 15) is 9.59 Å². The highest BCUT2D eigenvalue weighted by Gasteiger charge is 2.28. The van der Waals surface area contributed by atoms with Crippen molar-refractivity contribution >= 4 is 29.4 Å². The summed E-state index contributed by atoms with van der Waals surface area (Å²) in [6.07, 6.45) is 4.47. The molecule has 0 saturated carbocycles. The maximum Gasteiger partial charge on any atom is 0.321 e. The molecule has 0 radical (unpaired) electrons. The lowest BCUT2D eigenvalue weighted by Crippen LogP contribution is -2.44. The number of thioether (sulfide) groups is 1. The molecular weight excluding hydrogens is 300 g/mol. The summed E-state index contributed by atoms with van der Waals surface area (Å²) in [5.41, 5.74) is 1.99. The average molecular weight is 322 g/mol. The normalized spacial score (nSPS) is 18.0. The Morgan fingerprint density at radius 2 is 2.09 bits per heavy atom. The Balaban J connectivity index is 1.89. The zero-order valence-electron chi connectivity index (χ0n) is 12.7. The predicted octanol–water partition coefficient (Wildman–Crippen LogP) is 2.92. The molecular formula is C16H22N2O3S. The molecule has 0 aromatic heterocycles. The Bertz CT molecular complexity index is 519. The van der Waals surface area contributed by atoms with Crippen molar-refractivity contribution in [3.8, 4) is 0 Å². The number of hydrogen-bond donors (Lipinski definition) is 2. The second-order valence-corrected chi connectivity index (χ2v) is 6.48. The van der Waals surface area contributed by atoms with Crippen molar-refractivity contribution in [2.75, 3.05) is 30.4 Å². The van der Waals surface area contributed by atoms with Gasteiger partial charge in [-0.15, -0.1) is 0 Å². The number of likely N-dealkylation sites (tertiary alicyclic amines) is 1. The van der Waals surface area contributed by atoms with E-state index in [2.05, 4.69) is 11.6 Å². The number of urea groups is 1. The van der Waals surface area contributed by atoms with Crippen molar-refractivity contribution < 1.29 is 14.7 Å². The Kier molecular flexibility index (Phi) is 6.12. The highest BCUT2D eigenvalue weighted by Crippen LogP contribution is 2.18. The number of aryl methyl sites for hydroxylation is 1. The van der Waals surface area contributed by atoms with Gasteiger partial charge in [-0.2, -0.15) is 11.8 Å². The summed E-state index contributed by atoms with van der Waals surface area (Å²) in [6, 6.07) is 7.60. The van der Waals surface area contributed by atoms with Crippen LogP contribution in [0.1, 0.15) is 18.4 Å². The smallest absolute Gasteiger partial charge is 0.321 e. The summed E-state index contributed by atoms with van der Waals surface area (Å²) < 4.78 is 0. The summed E-state index contributed by atoms with van der Waals surface area (Å²) in [7, 11) is 0. The van der Waals surface area contributed by atoms with E-state index in [1.165, 1.54) is 5.56 Å². The van der Waals surface area contributed by atoms with Crippen molar-refractivity contribution in [3.05, 3.63) is 29.8 Å². The minimum Gasteiger partial charge on any atom is -0.481 e. The van der Waals surface area contributed by atoms with E-state index >= 15 is 0 Å². The molecule has 1 fully saturated rings. The number of nitrogens with one attached hydrogen (secondary N) is 1. The first-order valence-corrected chi connectivity index (χ1v) is 8.86. The number of piperidine rings is 1. The number of hydrogen-bond acceptors (Lipinski definition) is 3. The molecule has 1 heterocycles. The third kappa shape index (κ3) is 4.66. The van der Waals surface area contributed by atoms with Gasteiger partial charge in [0.05, 0.1) is 5.92 Å². The number of benzene rings is 1. The van der Waals surface area contributed by atoms with Crippen LogP contribution in [0.5, 0.6) is 0 Å². The quantitative estimate of drug-likeness (QED) is 0.874. The van der Waals surface area contributed by atoms with Crippen molar-refractivity contribution in [1.29, 1.82) is 0 Å². The molecule has 2 rings (SSSR count). The van der Waals surface area contributed by atoms with E-state index in [4.69, 9.17) is 5.11 Å². The van der Waals surface area contributed by atoms with Crippen LogP contribution in [-0.2, 0) is 11.2 Å². The zero-order chi connectivity index (χ0) is 15.9. The largest absolute Gasteiger partial charge is 0.481 e. The Hall–Kier alpha value is -1.69. The van der Waals surface area contributed by atoms with E-state index in [0.717, 1.165) is 24.3 Å². The maximum absolute atomic E-state index is 12.2. The Labute approximate surface area is 135 Å². The van der Waals surface area contributed by atoms with Gasteiger partial charge in [0.2, 0.25) is 0 Å². The SMILES string of the molecule is CSCCc1ccc(NC(=O)N2CCCC(C(=O)O)C2)cc1. The molecule has 22 heavy (non-hydrogen) atoms. The standard InChI is InChI=1S/C16H22N2O3S/c1-22-10-8-12-4-6-14(7-5-12)17-16(21)18-9-2-3-13(11-18)15(19)20/h4-7,13H,2-3,8-11H2,1H3,(H,17,21)(H,19,20). The number of anilines is 1. The van der Waals surface area contributed by atoms with Crippen LogP contribution in [-0.4, -0.2) is 47.1 Å². The van der Waals surface area contributed by atoms with E-state index in [1.54, 1.807) is 4.90 Å². The van der Waals surface area contributed by atoms with Crippen LogP contribution in [0.2, 0.25) is 0 Å². The number of carboxylic acids is 1. The molecule has 1 aliphatic rings. The van der Waals surface area contributed by atoms with Gasteiger partial charge < -0.3 is 15.3 Å². The molecule has 120 valence electrons. The number of amides is 2.